The summed E-state index contributed by atoms with van der Waals surface area (Å²) in [5, 5.41) is 9.58. The maximum atomic E-state index is 9.58. The van der Waals surface area contributed by atoms with Crippen LogP contribution < -0.4 is 9.47 Å². The first-order valence-corrected chi connectivity index (χ1v) is 7.78. The van der Waals surface area contributed by atoms with E-state index in [1.165, 1.54) is 5.56 Å². The number of nitrogens with zero attached hydrogens (tertiary/aromatic N) is 1. The maximum Gasteiger partial charge on any atom is 0.161 e. The zero-order valence-corrected chi connectivity index (χ0v) is 13.3. The Labute approximate surface area is 127 Å². The van der Waals surface area contributed by atoms with Crippen LogP contribution in [0.25, 0.3) is 0 Å². The first kappa shape index (κ1) is 16.1. The molecule has 0 aromatic heterocycles. The van der Waals surface area contributed by atoms with Gasteiger partial charge in [0.25, 0.3) is 0 Å². The Kier molecular flexibility index (Phi) is 5.88. The zero-order chi connectivity index (χ0) is 15.2. The van der Waals surface area contributed by atoms with Crippen LogP contribution in [-0.4, -0.2) is 42.9 Å². The predicted octanol–water partition coefficient (Wildman–Crippen LogP) is 2.69. The summed E-state index contributed by atoms with van der Waals surface area (Å²) in [7, 11) is 1.67. The van der Waals surface area contributed by atoms with E-state index in [9.17, 15) is 5.11 Å². The van der Waals surface area contributed by atoms with Crippen molar-refractivity contribution in [1.82, 2.24) is 4.90 Å². The number of hydrogen-bond donors (Lipinski definition) is 1. The van der Waals surface area contributed by atoms with Gasteiger partial charge in [0.05, 0.1) is 19.8 Å². The summed E-state index contributed by atoms with van der Waals surface area (Å²) < 4.78 is 11.2. The first-order chi connectivity index (χ1) is 10.1. The molecule has 2 rings (SSSR count). The van der Waals surface area contributed by atoms with Gasteiger partial charge in [-0.05, 0) is 36.5 Å². The van der Waals surface area contributed by atoms with Gasteiger partial charge in [-0.1, -0.05) is 19.9 Å². The lowest BCUT2D eigenvalue weighted by atomic mass is 10.1. The molecular formula is C17H27NO3. The van der Waals surface area contributed by atoms with E-state index in [-0.39, 0.29) is 6.10 Å². The van der Waals surface area contributed by atoms with Crippen molar-refractivity contribution in [3.05, 3.63) is 23.8 Å². The van der Waals surface area contributed by atoms with E-state index >= 15 is 0 Å². The first-order valence-electron chi connectivity index (χ1n) is 7.78. The quantitative estimate of drug-likeness (QED) is 0.839. The van der Waals surface area contributed by atoms with Gasteiger partial charge in [-0.25, -0.2) is 0 Å². The van der Waals surface area contributed by atoms with E-state index in [1.807, 2.05) is 12.1 Å². The van der Waals surface area contributed by atoms with Gasteiger partial charge in [0.15, 0.2) is 11.5 Å². The van der Waals surface area contributed by atoms with Crippen LogP contribution in [0, 0.1) is 5.92 Å². The van der Waals surface area contributed by atoms with Crippen LogP contribution in [0.4, 0.5) is 0 Å². The van der Waals surface area contributed by atoms with Gasteiger partial charge in [0.2, 0.25) is 0 Å². The fraction of sp³-hybridized carbons (Fsp3) is 0.647. The average Bonchev–Trinajstić information content (AvgIpc) is 2.85. The van der Waals surface area contributed by atoms with E-state index in [4.69, 9.17) is 9.47 Å². The van der Waals surface area contributed by atoms with Crippen molar-refractivity contribution >= 4 is 0 Å². The summed E-state index contributed by atoms with van der Waals surface area (Å²) in [5.74, 6) is 2.23. The molecule has 0 amide bonds. The monoisotopic (exact) mass is 293 g/mol. The van der Waals surface area contributed by atoms with Crippen molar-refractivity contribution in [1.29, 1.82) is 0 Å². The Morgan fingerprint density at radius 3 is 2.76 bits per heavy atom. The van der Waals surface area contributed by atoms with Crippen LogP contribution in [-0.2, 0) is 6.54 Å². The van der Waals surface area contributed by atoms with Crippen LogP contribution in [0.1, 0.15) is 32.3 Å². The molecule has 1 atom stereocenters. The third-order valence-corrected chi connectivity index (χ3v) is 3.83. The van der Waals surface area contributed by atoms with E-state index in [1.54, 1.807) is 7.11 Å². The second-order valence-electron chi connectivity index (χ2n) is 6.19. The molecule has 0 aliphatic carbocycles. The lowest BCUT2D eigenvalue weighted by Gasteiger charge is -2.17. The van der Waals surface area contributed by atoms with Crippen LogP contribution >= 0.6 is 0 Å². The summed E-state index contributed by atoms with van der Waals surface area (Å²) in [6.45, 7) is 7.65. The second-order valence-corrected chi connectivity index (χ2v) is 6.19. The number of aliphatic hydroxyl groups is 1. The Balaban J connectivity index is 1.95. The third kappa shape index (κ3) is 4.90. The maximum absolute atomic E-state index is 9.58. The third-order valence-electron chi connectivity index (χ3n) is 3.83. The fourth-order valence-electron chi connectivity index (χ4n) is 2.55. The highest BCUT2D eigenvalue weighted by atomic mass is 16.5. The molecule has 1 saturated heterocycles. The lowest BCUT2D eigenvalue weighted by molar-refractivity contribution is 0.174. The average molecular weight is 293 g/mol. The molecule has 0 unspecified atom stereocenters. The summed E-state index contributed by atoms with van der Waals surface area (Å²) in [4.78, 5) is 2.26. The minimum absolute atomic E-state index is 0.175. The molecule has 0 radical (unpaired) electrons. The van der Waals surface area contributed by atoms with Gasteiger partial charge in [-0.3, -0.25) is 4.90 Å². The summed E-state index contributed by atoms with van der Waals surface area (Å²) in [6, 6.07) is 6.11. The van der Waals surface area contributed by atoms with Crippen LogP contribution in [0.5, 0.6) is 11.5 Å². The van der Waals surface area contributed by atoms with Crippen molar-refractivity contribution in [2.24, 2.45) is 5.92 Å². The topological polar surface area (TPSA) is 41.9 Å². The normalized spacial score (nSPS) is 19.2. The number of likely N-dealkylation sites (tertiary alicyclic amines) is 1. The molecule has 4 nitrogen and oxygen atoms in total. The molecule has 21 heavy (non-hydrogen) atoms. The highest BCUT2D eigenvalue weighted by molar-refractivity contribution is 5.43. The number of rotatable bonds is 7. The molecule has 1 aromatic carbocycles. The Morgan fingerprint density at radius 1 is 1.33 bits per heavy atom. The molecule has 118 valence electrons. The molecule has 1 aliphatic rings. The fourth-order valence-corrected chi connectivity index (χ4v) is 2.55. The second kappa shape index (κ2) is 7.66. The van der Waals surface area contributed by atoms with Gasteiger partial charge in [-0.15, -0.1) is 0 Å². The molecule has 1 fully saturated rings. The molecule has 1 aliphatic heterocycles. The molecule has 1 N–H and O–H groups in total. The number of hydrogen-bond acceptors (Lipinski definition) is 4. The number of ether oxygens (including phenoxy) is 2. The molecule has 4 heteroatoms. The largest absolute Gasteiger partial charge is 0.493 e. The molecule has 1 aromatic rings. The number of methoxy groups -OCH3 is 1. The van der Waals surface area contributed by atoms with Crippen molar-refractivity contribution in [2.75, 3.05) is 26.8 Å². The highest BCUT2D eigenvalue weighted by Crippen LogP contribution is 2.29. The van der Waals surface area contributed by atoms with Gasteiger partial charge < -0.3 is 14.6 Å². The predicted molar refractivity (Wildman–Crippen MR) is 83.8 cm³/mol. The summed E-state index contributed by atoms with van der Waals surface area (Å²) in [5.41, 5.74) is 1.19. The zero-order valence-electron chi connectivity index (χ0n) is 13.3. The van der Waals surface area contributed by atoms with Crippen molar-refractivity contribution in [3.63, 3.8) is 0 Å². The smallest absolute Gasteiger partial charge is 0.161 e. The number of aliphatic hydroxyl groups excluding tert-OH is 1. The Hall–Kier alpha value is -1.26. The van der Waals surface area contributed by atoms with Crippen molar-refractivity contribution < 1.29 is 14.6 Å². The van der Waals surface area contributed by atoms with E-state index in [2.05, 4.69) is 24.8 Å². The minimum atomic E-state index is -0.175. The SMILES string of the molecule is COc1cc(CN2CC[C@@H](O)C2)ccc1OCCC(C)C. The van der Waals surface area contributed by atoms with Gasteiger partial charge in [0, 0.05) is 19.6 Å². The molecule has 0 bridgehead atoms. The molecular weight excluding hydrogens is 266 g/mol. The van der Waals surface area contributed by atoms with E-state index < -0.39 is 0 Å². The van der Waals surface area contributed by atoms with Crippen molar-refractivity contribution in [3.8, 4) is 11.5 Å². The Morgan fingerprint density at radius 2 is 2.14 bits per heavy atom. The summed E-state index contributed by atoms with van der Waals surface area (Å²) >= 11 is 0. The van der Waals surface area contributed by atoms with Gasteiger partial charge in [0.1, 0.15) is 0 Å². The van der Waals surface area contributed by atoms with E-state index in [0.29, 0.717) is 12.5 Å². The van der Waals surface area contributed by atoms with E-state index in [0.717, 1.165) is 44.0 Å². The van der Waals surface area contributed by atoms with Crippen LogP contribution in [0.15, 0.2) is 18.2 Å². The van der Waals surface area contributed by atoms with Crippen molar-refractivity contribution in [2.45, 2.75) is 39.3 Å². The summed E-state index contributed by atoms with van der Waals surface area (Å²) in [6.07, 6.45) is 1.73. The number of benzene rings is 1. The highest BCUT2D eigenvalue weighted by Gasteiger charge is 2.20. The van der Waals surface area contributed by atoms with Crippen LogP contribution in [0.2, 0.25) is 0 Å². The Bertz CT molecular complexity index is 448. The standard InChI is InChI=1S/C17H27NO3/c1-13(2)7-9-21-16-5-4-14(10-17(16)20-3)11-18-8-6-15(19)12-18/h4-5,10,13,15,19H,6-9,11-12H2,1-3H3/t15-/m1/s1. The molecule has 0 saturated carbocycles. The number of β-amino-alcohol motifs (C(OH)–C–C–N with tert-alkyl or cyclic N) is 1. The molecule has 0 spiro atoms. The lowest BCUT2D eigenvalue weighted by Crippen LogP contribution is -2.21. The minimum Gasteiger partial charge on any atom is -0.493 e. The van der Waals surface area contributed by atoms with Gasteiger partial charge in [-0.2, -0.15) is 0 Å². The van der Waals surface area contributed by atoms with Gasteiger partial charge >= 0.3 is 0 Å². The molecule has 1 heterocycles. The van der Waals surface area contributed by atoms with Crippen LogP contribution in [0.3, 0.4) is 0 Å².